The Hall–Kier alpha value is 0.383. The van der Waals surface area contributed by atoms with Crippen LogP contribution in [0, 0.1) is 0 Å². The van der Waals surface area contributed by atoms with Gasteiger partial charge < -0.3 is 4.74 Å². The molecule has 0 aromatic carbocycles. The molecule has 57 valence electrons. The van der Waals surface area contributed by atoms with E-state index in [1.54, 1.807) is 0 Å². The SMILES string of the molecule is CC(=O)OC(C)(C)C.[Cl][Zn]. The van der Waals surface area contributed by atoms with Crippen molar-refractivity contribution in [3.05, 3.63) is 0 Å². The minimum atomic E-state index is -0.328. The van der Waals surface area contributed by atoms with Gasteiger partial charge in [-0.25, -0.2) is 0 Å². The van der Waals surface area contributed by atoms with Crippen molar-refractivity contribution in [2.24, 2.45) is 0 Å². The molecule has 2 nitrogen and oxygen atoms in total. The van der Waals surface area contributed by atoms with E-state index in [9.17, 15) is 4.79 Å². The molecular formula is C6H12ClO2Zn. The third-order valence-corrected chi connectivity index (χ3v) is 0.450. The summed E-state index contributed by atoms with van der Waals surface area (Å²) in [6, 6.07) is 0. The van der Waals surface area contributed by atoms with Gasteiger partial charge in [-0.1, -0.05) is 0 Å². The van der Waals surface area contributed by atoms with E-state index in [2.05, 4.69) is 0 Å². The minimum absolute atomic E-state index is 0.225. The van der Waals surface area contributed by atoms with Gasteiger partial charge in [0.05, 0.1) is 0 Å². The van der Waals surface area contributed by atoms with Crippen LogP contribution in [0.5, 0.6) is 0 Å². The first-order valence-electron chi connectivity index (χ1n) is 2.88. The Balaban J connectivity index is 0. The molecule has 0 unspecified atom stereocenters. The number of carbonyl (C=O) groups is 1. The third-order valence-electron chi connectivity index (χ3n) is 0.450. The summed E-state index contributed by atoms with van der Waals surface area (Å²) in [6.07, 6.45) is 0. The molecule has 0 aliphatic heterocycles. The summed E-state index contributed by atoms with van der Waals surface area (Å²) < 4.78 is 4.80. The van der Waals surface area contributed by atoms with E-state index in [1.165, 1.54) is 6.92 Å². The fraction of sp³-hybridized carbons (Fsp3) is 0.833. The van der Waals surface area contributed by atoms with Crippen molar-refractivity contribution >= 4 is 15.7 Å². The van der Waals surface area contributed by atoms with E-state index < -0.39 is 0 Å². The summed E-state index contributed by atoms with van der Waals surface area (Å²) in [7, 11) is 4.76. The van der Waals surface area contributed by atoms with Gasteiger partial charge in [0.15, 0.2) is 0 Å². The van der Waals surface area contributed by atoms with E-state index in [0.29, 0.717) is 0 Å². The van der Waals surface area contributed by atoms with Gasteiger partial charge in [0.2, 0.25) is 0 Å². The van der Waals surface area contributed by atoms with Crippen LogP contribution in [0.3, 0.4) is 0 Å². The van der Waals surface area contributed by atoms with Gasteiger partial charge >= 0.3 is 33.0 Å². The fourth-order valence-electron chi connectivity index (χ4n) is 0.431. The Morgan fingerprint density at radius 3 is 1.70 bits per heavy atom. The maximum absolute atomic E-state index is 10.2. The normalized spacial score (nSPS) is 9.50. The molecule has 0 N–H and O–H groups in total. The summed E-state index contributed by atoms with van der Waals surface area (Å²) in [5, 5.41) is 0. The van der Waals surface area contributed by atoms with E-state index in [4.69, 9.17) is 14.4 Å². The van der Waals surface area contributed by atoms with Gasteiger partial charge in [0.25, 0.3) is 0 Å². The van der Waals surface area contributed by atoms with Gasteiger partial charge in [0, 0.05) is 6.92 Å². The number of hydrogen-bond donors (Lipinski definition) is 0. The maximum atomic E-state index is 10.2. The summed E-state index contributed by atoms with van der Waals surface area (Å²) in [5.41, 5.74) is -0.328. The molecule has 0 aromatic rings. The average molecular weight is 217 g/mol. The molecule has 0 radical (unpaired) electrons. The molecular weight excluding hydrogens is 205 g/mol. The van der Waals surface area contributed by atoms with Crippen LogP contribution >= 0.6 is 9.69 Å². The van der Waals surface area contributed by atoms with Crippen LogP contribution in [0.25, 0.3) is 0 Å². The Morgan fingerprint density at radius 2 is 1.70 bits per heavy atom. The molecule has 10 heavy (non-hydrogen) atoms. The quantitative estimate of drug-likeness (QED) is 0.458. The zero-order valence-electron chi connectivity index (χ0n) is 6.90. The molecule has 0 amide bonds. The number of rotatable bonds is 0. The standard InChI is InChI=1S/C6H12O2.ClH.Zn/c1-5(7)8-6(2,3)4;;/h1-4H3;1H;/q;;+1/p-1. The van der Waals surface area contributed by atoms with Gasteiger partial charge in [0.1, 0.15) is 5.60 Å². The second-order valence-corrected chi connectivity index (χ2v) is 2.71. The second kappa shape index (κ2) is 6.12. The first-order chi connectivity index (χ1) is 4.42. The molecule has 0 aliphatic rings. The second-order valence-electron chi connectivity index (χ2n) is 2.71. The molecule has 0 rings (SSSR count). The predicted molar refractivity (Wildman–Crippen MR) is 37.4 cm³/mol. The molecule has 4 heteroatoms. The number of carbonyl (C=O) groups excluding carboxylic acids is 1. The monoisotopic (exact) mass is 215 g/mol. The van der Waals surface area contributed by atoms with Crippen LogP contribution in [-0.2, 0) is 26.8 Å². The average Bonchev–Trinajstić information content (AvgIpc) is 1.64. The van der Waals surface area contributed by atoms with Crippen LogP contribution in [0.15, 0.2) is 0 Å². The van der Waals surface area contributed by atoms with Gasteiger partial charge in [-0.2, -0.15) is 0 Å². The van der Waals surface area contributed by atoms with E-state index >= 15 is 0 Å². The van der Waals surface area contributed by atoms with Crippen LogP contribution < -0.4 is 0 Å². The van der Waals surface area contributed by atoms with Gasteiger partial charge in [-0.15, -0.1) is 0 Å². The Morgan fingerprint density at radius 1 is 1.40 bits per heavy atom. The van der Waals surface area contributed by atoms with E-state index in [-0.39, 0.29) is 11.6 Å². The Bertz CT molecular complexity index is 98.4. The van der Waals surface area contributed by atoms with Crippen LogP contribution in [0.2, 0.25) is 0 Å². The zero-order valence-corrected chi connectivity index (χ0v) is 10.6. The van der Waals surface area contributed by atoms with Crippen molar-refractivity contribution in [1.29, 1.82) is 0 Å². The van der Waals surface area contributed by atoms with Crippen molar-refractivity contribution in [3.63, 3.8) is 0 Å². The Labute approximate surface area is 76.0 Å². The summed E-state index contributed by atoms with van der Waals surface area (Å²) in [6.45, 7) is 6.93. The molecule has 0 heterocycles. The van der Waals surface area contributed by atoms with Crippen molar-refractivity contribution < 1.29 is 26.8 Å². The van der Waals surface area contributed by atoms with Gasteiger partial charge in [-0.3, -0.25) is 4.79 Å². The van der Waals surface area contributed by atoms with E-state index in [1.807, 2.05) is 20.8 Å². The number of halogens is 1. The topological polar surface area (TPSA) is 26.3 Å². The Kier molecular flexibility index (Phi) is 7.96. The zero-order chi connectivity index (χ0) is 8.78. The summed E-state index contributed by atoms with van der Waals surface area (Å²) in [4.78, 5) is 10.2. The molecule has 0 bridgehead atoms. The third kappa shape index (κ3) is 15.8. The van der Waals surface area contributed by atoms with Crippen LogP contribution in [0.1, 0.15) is 27.7 Å². The number of esters is 1. The number of ether oxygens (including phenoxy) is 1. The van der Waals surface area contributed by atoms with Crippen molar-refractivity contribution in [2.75, 3.05) is 0 Å². The van der Waals surface area contributed by atoms with E-state index in [0.717, 1.165) is 17.3 Å². The number of hydrogen-bond acceptors (Lipinski definition) is 2. The first-order valence-corrected chi connectivity index (χ1v) is 6.78. The van der Waals surface area contributed by atoms with Crippen LogP contribution in [-0.4, -0.2) is 11.6 Å². The molecule has 0 saturated heterocycles. The fourth-order valence-corrected chi connectivity index (χ4v) is 0.431. The molecule has 0 aliphatic carbocycles. The summed E-state index contributed by atoms with van der Waals surface area (Å²) in [5.74, 6) is -0.225. The molecule has 0 fully saturated rings. The van der Waals surface area contributed by atoms with Crippen molar-refractivity contribution in [3.8, 4) is 0 Å². The molecule has 0 spiro atoms. The predicted octanol–water partition coefficient (Wildman–Crippen LogP) is 2.04. The first kappa shape index (κ1) is 13.0. The summed E-state index contributed by atoms with van der Waals surface area (Å²) >= 11 is 0.847. The van der Waals surface area contributed by atoms with Crippen molar-refractivity contribution in [1.82, 2.24) is 0 Å². The van der Waals surface area contributed by atoms with Crippen LogP contribution in [0.4, 0.5) is 0 Å². The molecule has 0 atom stereocenters. The molecule has 0 saturated carbocycles. The molecule has 0 aromatic heterocycles. The van der Waals surface area contributed by atoms with Gasteiger partial charge in [-0.05, 0) is 20.8 Å². The van der Waals surface area contributed by atoms with Crippen molar-refractivity contribution in [2.45, 2.75) is 33.3 Å².